The van der Waals surface area contributed by atoms with E-state index in [1.165, 1.54) is 0 Å². The molecule has 0 unspecified atom stereocenters. The van der Waals surface area contributed by atoms with E-state index in [1.54, 1.807) is 29.4 Å². The summed E-state index contributed by atoms with van der Waals surface area (Å²) in [6.07, 6.45) is 3.43. The van der Waals surface area contributed by atoms with Gasteiger partial charge < -0.3 is 19.9 Å². The zero-order valence-electron chi connectivity index (χ0n) is 16.9. The van der Waals surface area contributed by atoms with E-state index in [0.717, 1.165) is 11.6 Å². The number of amides is 2. The van der Waals surface area contributed by atoms with Crippen molar-refractivity contribution in [2.24, 2.45) is 0 Å². The average Bonchev–Trinajstić information content (AvgIpc) is 2.69. The van der Waals surface area contributed by atoms with Gasteiger partial charge in [0.2, 0.25) is 11.8 Å². The highest BCUT2D eigenvalue weighted by Crippen LogP contribution is 2.22. The molecule has 28 heavy (non-hydrogen) atoms. The van der Waals surface area contributed by atoms with Crippen molar-refractivity contribution in [3.05, 3.63) is 36.3 Å². The summed E-state index contributed by atoms with van der Waals surface area (Å²) in [7, 11) is 0. The molecule has 150 valence electrons. The standard InChI is InChI=1S/C20H28N6O2/c1-14(2)16-7-9-22-19(23-16)25-10-12-26(13-11-25)20(27)24-17-6-5-8-21-18(17)28-15(3)4/h5-9,14-15H,10-13H2,1-4H3,(H,24,27). The summed E-state index contributed by atoms with van der Waals surface area (Å²) in [5, 5.41) is 2.91. The molecule has 2 amide bonds. The van der Waals surface area contributed by atoms with Crippen LogP contribution in [0.4, 0.5) is 16.4 Å². The van der Waals surface area contributed by atoms with Crippen LogP contribution in [0.2, 0.25) is 0 Å². The molecule has 1 fully saturated rings. The van der Waals surface area contributed by atoms with Gasteiger partial charge >= 0.3 is 6.03 Å². The molecule has 0 saturated carbocycles. The highest BCUT2D eigenvalue weighted by Gasteiger charge is 2.24. The summed E-state index contributed by atoms with van der Waals surface area (Å²) in [4.78, 5) is 29.8. The third kappa shape index (κ3) is 4.88. The van der Waals surface area contributed by atoms with E-state index >= 15 is 0 Å². The fraction of sp³-hybridized carbons (Fsp3) is 0.500. The minimum atomic E-state index is -0.155. The lowest BCUT2D eigenvalue weighted by molar-refractivity contribution is 0.207. The van der Waals surface area contributed by atoms with Gasteiger partial charge in [-0.25, -0.2) is 19.7 Å². The molecule has 0 atom stereocenters. The Labute approximate surface area is 166 Å². The maximum Gasteiger partial charge on any atom is 0.322 e. The fourth-order valence-corrected chi connectivity index (χ4v) is 2.94. The Bertz CT molecular complexity index is 803. The van der Waals surface area contributed by atoms with Gasteiger partial charge in [0, 0.05) is 44.3 Å². The summed E-state index contributed by atoms with van der Waals surface area (Å²) in [6, 6.07) is 5.37. The number of urea groups is 1. The van der Waals surface area contributed by atoms with E-state index in [9.17, 15) is 4.79 Å². The molecule has 0 bridgehead atoms. The maximum atomic E-state index is 12.7. The number of nitrogens with zero attached hydrogens (tertiary/aromatic N) is 5. The number of hydrogen-bond acceptors (Lipinski definition) is 6. The van der Waals surface area contributed by atoms with Crippen LogP contribution >= 0.6 is 0 Å². The highest BCUT2D eigenvalue weighted by atomic mass is 16.5. The lowest BCUT2D eigenvalue weighted by Gasteiger charge is -2.34. The molecule has 0 aliphatic carbocycles. The van der Waals surface area contributed by atoms with Crippen LogP contribution in [0.5, 0.6) is 5.88 Å². The molecule has 0 radical (unpaired) electrons. The van der Waals surface area contributed by atoms with Crippen molar-refractivity contribution in [1.82, 2.24) is 19.9 Å². The van der Waals surface area contributed by atoms with Gasteiger partial charge in [-0.15, -0.1) is 0 Å². The molecular formula is C20H28N6O2. The largest absolute Gasteiger partial charge is 0.473 e. The number of carbonyl (C=O) groups is 1. The van der Waals surface area contributed by atoms with Gasteiger partial charge in [0.1, 0.15) is 5.69 Å². The third-order valence-electron chi connectivity index (χ3n) is 4.47. The number of ether oxygens (including phenoxy) is 1. The number of hydrogen-bond donors (Lipinski definition) is 1. The zero-order chi connectivity index (χ0) is 20.1. The quantitative estimate of drug-likeness (QED) is 0.853. The predicted molar refractivity (Wildman–Crippen MR) is 109 cm³/mol. The number of pyridine rings is 1. The summed E-state index contributed by atoms with van der Waals surface area (Å²) >= 11 is 0. The van der Waals surface area contributed by atoms with Gasteiger partial charge in [0.05, 0.1) is 6.10 Å². The van der Waals surface area contributed by atoms with Crippen molar-refractivity contribution >= 4 is 17.7 Å². The van der Waals surface area contributed by atoms with Gasteiger partial charge in [0.25, 0.3) is 0 Å². The van der Waals surface area contributed by atoms with Crippen molar-refractivity contribution < 1.29 is 9.53 Å². The summed E-state index contributed by atoms with van der Waals surface area (Å²) in [5.41, 5.74) is 1.61. The lowest BCUT2D eigenvalue weighted by Crippen LogP contribution is -2.50. The van der Waals surface area contributed by atoms with Gasteiger partial charge in [0.15, 0.2) is 0 Å². The highest BCUT2D eigenvalue weighted by molar-refractivity contribution is 5.90. The first-order valence-electron chi connectivity index (χ1n) is 9.69. The maximum absolute atomic E-state index is 12.7. The summed E-state index contributed by atoms with van der Waals surface area (Å²) in [6.45, 7) is 10.7. The molecule has 0 aromatic carbocycles. The smallest absolute Gasteiger partial charge is 0.322 e. The predicted octanol–water partition coefficient (Wildman–Crippen LogP) is 3.14. The van der Waals surface area contributed by atoms with E-state index in [1.807, 2.05) is 19.9 Å². The number of anilines is 2. The Morgan fingerprint density at radius 1 is 1.07 bits per heavy atom. The van der Waals surface area contributed by atoms with Gasteiger partial charge in [-0.3, -0.25) is 0 Å². The summed E-state index contributed by atoms with van der Waals surface area (Å²) < 4.78 is 5.67. The van der Waals surface area contributed by atoms with Crippen molar-refractivity contribution in [1.29, 1.82) is 0 Å². The number of aromatic nitrogens is 3. The molecule has 8 nitrogen and oxygen atoms in total. The second-order valence-corrected chi connectivity index (χ2v) is 7.36. The first-order valence-corrected chi connectivity index (χ1v) is 9.69. The SMILES string of the molecule is CC(C)Oc1ncccc1NC(=O)N1CCN(c2nccc(C(C)C)n2)CC1. The Morgan fingerprint density at radius 2 is 1.82 bits per heavy atom. The molecule has 0 spiro atoms. The number of nitrogens with one attached hydrogen (secondary N) is 1. The first-order chi connectivity index (χ1) is 13.4. The summed E-state index contributed by atoms with van der Waals surface area (Å²) in [5.74, 6) is 1.52. The average molecular weight is 384 g/mol. The van der Waals surface area contributed by atoms with Crippen LogP contribution in [0.1, 0.15) is 39.3 Å². The van der Waals surface area contributed by atoms with E-state index in [4.69, 9.17) is 4.74 Å². The number of carbonyl (C=O) groups excluding carboxylic acids is 1. The number of rotatable bonds is 5. The van der Waals surface area contributed by atoms with Crippen LogP contribution < -0.4 is 15.0 Å². The van der Waals surface area contributed by atoms with Crippen molar-refractivity contribution in [3.8, 4) is 5.88 Å². The topological polar surface area (TPSA) is 83.5 Å². The number of piperazine rings is 1. The Morgan fingerprint density at radius 3 is 2.50 bits per heavy atom. The Balaban J connectivity index is 1.59. The second kappa shape index (κ2) is 8.86. The molecular weight excluding hydrogens is 356 g/mol. The van der Waals surface area contributed by atoms with Crippen LogP contribution in [0.25, 0.3) is 0 Å². The molecule has 8 heteroatoms. The van der Waals surface area contributed by atoms with E-state index < -0.39 is 0 Å². The lowest BCUT2D eigenvalue weighted by atomic mass is 10.1. The minimum Gasteiger partial charge on any atom is -0.473 e. The molecule has 2 aromatic heterocycles. The van der Waals surface area contributed by atoms with E-state index in [-0.39, 0.29) is 12.1 Å². The monoisotopic (exact) mass is 384 g/mol. The van der Waals surface area contributed by atoms with Crippen molar-refractivity contribution in [2.45, 2.75) is 39.7 Å². The normalized spacial score (nSPS) is 14.5. The van der Waals surface area contributed by atoms with Crippen LogP contribution in [-0.4, -0.2) is 58.2 Å². The van der Waals surface area contributed by atoms with Crippen molar-refractivity contribution in [2.75, 3.05) is 36.4 Å². The third-order valence-corrected chi connectivity index (χ3v) is 4.47. The van der Waals surface area contributed by atoms with Gasteiger partial charge in [-0.2, -0.15) is 0 Å². The Kier molecular flexibility index (Phi) is 6.28. The van der Waals surface area contributed by atoms with E-state index in [0.29, 0.717) is 43.7 Å². The zero-order valence-corrected chi connectivity index (χ0v) is 16.9. The van der Waals surface area contributed by atoms with Crippen LogP contribution in [0, 0.1) is 0 Å². The first kappa shape index (κ1) is 19.9. The molecule has 1 aliphatic heterocycles. The second-order valence-electron chi connectivity index (χ2n) is 7.36. The van der Waals surface area contributed by atoms with Crippen LogP contribution in [0.15, 0.2) is 30.6 Å². The Hall–Kier alpha value is -2.90. The molecule has 3 rings (SSSR count). The van der Waals surface area contributed by atoms with Crippen LogP contribution in [0.3, 0.4) is 0 Å². The van der Waals surface area contributed by atoms with Crippen molar-refractivity contribution in [3.63, 3.8) is 0 Å². The van der Waals surface area contributed by atoms with Gasteiger partial charge in [-0.05, 0) is 38.0 Å². The molecule has 1 saturated heterocycles. The molecule has 2 aromatic rings. The van der Waals surface area contributed by atoms with E-state index in [2.05, 4.69) is 39.0 Å². The molecule has 3 heterocycles. The van der Waals surface area contributed by atoms with Gasteiger partial charge in [-0.1, -0.05) is 13.8 Å². The molecule has 1 N–H and O–H groups in total. The minimum absolute atomic E-state index is 0.0179. The molecule has 1 aliphatic rings. The van der Waals surface area contributed by atoms with Crippen LogP contribution in [-0.2, 0) is 0 Å². The fourth-order valence-electron chi connectivity index (χ4n) is 2.94.